The van der Waals surface area contributed by atoms with Crippen LogP contribution in [-0.2, 0) is 45.7 Å². The molecule has 0 aromatic heterocycles. The Balaban J connectivity index is 3.89. The standard InChI is InChI=1S/C17H38N2O12Si2/c1-15(29-17(21)31-19-11-9-13-33(25-5,26-6)27-7)14-28-16(20)30-18-10-8-12-32(22-2,23-3)24-4/h15,18-19H,8-14H2,1-7H3. The summed E-state index contributed by atoms with van der Waals surface area (Å²) in [6.45, 7) is 1.99. The Hall–Kier alpha value is -1.35. The smallest absolute Gasteiger partial charge is 0.429 e. The third-order valence-electron chi connectivity index (χ3n) is 4.43. The highest BCUT2D eigenvalue weighted by Gasteiger charge is 2.37. The second-order valence-electron chi connectivity index (χ2n) is 6.53. The van der Waals surface area contributed by atoms with Gasteiger partial charge in [-0.05, 0) is 19.8 Å². The first-order valence-corrected chi connectivity index (χ1v) is 14.1. The lowest BCUT2D eigenvalue weighted by Crippen LogP contribution is -2.43. The molecule has 0 aliphatic carbocycles. The van der Waals surface area contributed by atoms with Crippen molar-refractivity contribution in [2.75, 3.05) is 62.4 Å². The van der Waals surface area contributed by atoms with Crippen molar-refractivity contribution >= 4 is 29.9 Å². The van der Waals surface area contributed by atoms with Gasteiger partial charge in [0.1, 0.15) is 12.7 Å². The minimum atomic E-state index is -2.66. The van der Waals surface area contributed by atoms with Crippen molar-refractivity contribution in [1.29, 1.82) is 0 Å². The fourth-order valence-electron chi connectivity index (χ4n) is 2.52. The highest BCUT2D eigenvalue weighted by atomic mass is 28.4. The van der Waals surface area contributed by atoms with Crippen molar-refractivity contribution in [2.45, 2.75) is 38.0 Å². The predicted octanol–water partition coefficient (Wildman–Crippen LogP) is 1.23. The van der Waals surface area contributed by atoms with E-state index in [4.69, 9.17) is 45.7 Å². The first kappa shape index (κ1) is 31.7. The largest absolute Gasteiger partial charge is 0.528 e. The van der Waals surface area contributed by atoms with E-state index in [-0.39, 0.29) is 6.61 Å². The molecular weight excluding hydrogens is 480 g/mol. The number of hydrogen-bond donors (Lipinski definition) is 2. The summed E-state index contributed by atoms with van der Waals surface area (Å²) in [5, 5.41) is 0. The molecule has 0 aliphatic heterocycles. The van der Waals surface area contributed by atoms with Gasteiger partial charge in [0, 0.05) is 67.8 Å². The van der Waals surface area contributed by atoms with Crippen LogP contribution in [0.2, 0.25) is 12.1 Å². The monoisotopic (exact) mass is 518 g/mol. The number of hydroxylamine groups is 2. The van der Waals surface area contributed by atoms with Crippen LogP contribution in [0.4, 0.5) is 9.59 Å². The highest BCUT2D eigenvalue weighted by molar-refractivity contribution is 6.60. The molecule has 0 heterocycles. The molecule has 0 saturated carbocycles. The molecule has 0 saturated heterocycles. The third kappa shape index (κ3) is 13.2. The van der Waals surface area contributed by atoms with Crippen LogP contribution in [0.15, 0.2) is 0 Å². The average molecular weight is 519 g/mol. The first-order valence-electron chi connectivity index (χ1n) is 10.2. The molecule has 0 rings (SSSR count). The summed E-state index contributed by atoms with van der Waals surface area (Å²) in [7, 11) is 3.81. The Morgan fingerprint density at radius 1 is 0.697 bits per heavy atom. The maximum absolute atomic E-state index is 11.6. The number of rotatable bonds is 19. The number of nitrogens with one attached hydrogen (secondary N) is 2. The summed E-state index contributed by atoms with van der Waals surface area (Å²) in [6, 6.07) is 1.08. The second-order valence-corrected chi connectivity index (χ2v) is 12.7. The van der Waals surface area contributed by atoms with Gasteiger partial charge in [-0.2, -0.15) is 11.0 Å². The Kier molecular flexibility index (Phi) is 17.3. The first-order chi connectivity index (χ1) is 15.8. The lowest BCUT2D eigenvalue weighted by Gasteiger charge is -2.24. The molecule has 0 aromatic rings. The Labute approximate surface area is 197 Å². The van der Waals surface area contributed by atoms with Crippen molar-refractivity contribution in [3.63, 3.8) is 0 Å². The lowest BCUT2D eigenvalue weighted by molar-refractivity contribution is -0.0360. The van der Waals surface area contributed by atoms with Crippen LogP contribution in [0.25, 0.3) is 0 Å². The normalized spacial score (nSPS) is 12.8. The van der Waals surface area contributed by atoms with Crippen LogP contribution in [0.1, 0.15) is 19.8 Å². The number of hydrogen-bond acceptors (Lipinski definition) is 14. The van der Waals surface area contributed by atoms with Gasteiger partial charge in [0.2, 0.25) is 0 Å². The van der Waals surface area contributed by atoms with Crippen molar-refractivity contribution in [1.82, 2.24) is 11.0 Å². The summed E-state index contributed by atoms with van der Waals surface area (Å²) in [6.07, 6.45) is -1.52. The van der Waals surface area contributed by atoms with Crippen LogP contribution in [-0.4, -0.2) is 98.4 Å². The molecule has 0 radical (unpaired) electrons. The molecule has 0 bridgehead atoms. The predicted molar refractivity (Wildman–Crippen MR) is 118 cm³/mol. The van der Waals surface area contributed by atoms with Gasteiger partial charge in [0.05, 0.1) is 0 Å². The molecule has 0 fully saturated rings. The van der Waals surface area contributed by atoms with Gasteiger partial charge in [-0.1, -0.05) is 0 Å². The second kappa shape index (κ2) is 18.0. The molecule has 0 aromatic carbocycles. The zero-order valence-corrected chi connectivity index (χ0v) is 22.4. The Bertz CT molecular complexity index is 522. The number of carbonyl (C=O) groups is 2. The van der Waals surface area contributed by atoms with Crippen molar-refractivity contribution in [3.8, 4) is 0 Å². The summed E-state index contributed by atoms with van der Waals surface area (Å²) < 4.78 is 41.5. The quantitative estimate of drug-likeness (QED) is 0.109. The van der Waals surface area contributed by atoms with E-state index in [2.05, 4.69) is 11.0 Å². The van der Waals surface area contributed by atoms with Gasteiger partial charge in [0.15, 0.2) is 0 Å². The molecule has 1 unspecified atom stereocenters. The zero-order chi connectivity index (χ0) is 25.2. The van der Waals surface area contributed by atoms with E-state index in [1.807, 2.05) is 0 Å². The molecule has 33 heavy (non-hydrogen) atoms. The van der Waals surface area contributed by atoms with E-state index < -0.39 is 36.0 Å². The van der Waals surface area contributed by atoms with E-state index in [0.717, 1.165) is 0 Å². The summed E-state index contributed by atoms with van der Waals surface area (Å²) >= 11 is 0. The van der Waals surface area contributed by atoms with Gasteiger partial charge in [-0.3, -0.25) is 0 Å². The topological polar surface area (TPSA) is 150 Å². The van der Waals surface area contributed by atoms with E-state index in [1.165, 1.54) is 49.6 Å². The van der Waals surface area contributed by atoms with E-state index in [0.29, 0.717) is 38.0 Å². The third-order valence-corrected chi connectivity index (χ3v) is 10.1. The molecule has 0 spiro atoms. The Morgan fingerprint density at radius 2 is 1.09 bits per heavy atom. The van der Waals surface area contributed by atoms with Gasteiger partial charge in [-0.15, -0.1) is 0 Å². The SMILES string of the molecule is CO[Si](CCCNOC(=O)OCC(C)OC(=O)ONCCC[Si](OC)(OC)OC)(OC)OC. The van der Waals surface area contributed by atoms with Gasteiger partial charge < -0.3 is 45.7 Å². The Morgan fingerprint density at radius 3 is 1.48 bits per heavy atom. The number of carbonyl (C=O) groups excluding carboxylic acids is 2. The van der Waals surface area contributed by atoms with Gasteiger partial charge in [0.25, 0.3) is 0 Å². The van der Waals surface area contributed by atoms with Crippen molar-refractivity contribution < 1.29 is 55.3 Å². The molecule has 196 valence electrons. The maximum Gasteiger partial charge on any atom is 0.528 e. The molecule has 0 amide bonds. The van der Waals surface area contributed by atoms with Crippen LogP contribution in [0.5, 0.6) is 0 Å². The van der Waals surface area contributed by atoms with E-state index in [9.17, 15) is 9.59 Å². The summed E-state index contributed by atoms with van der Waals surface area (Å²) in [5.41, 5.74) is 4.95. The summed E-state index contributed by atoms with van der Waals surface area (Å²) in [5.74, 6) is 0. The highest BCUT2D eigenvalue weighted by Crippen LogP contribution is 2.15. The zero-order valence-electron chi connectivity index (χ0n) is 20.4. The molecule has 16 heteroatoms. The maximum atomic E-state index is 11.6. The average Bonchev–Trinajstić information content (AvgIpc) is 2.83. The van der Waals surface area contributed by atoms with Crippen LogP contribution in [0.3, 0.4) is 0 Å². The van der Waals surface area contributed by atoms with E-state index in [1.54, 1.807) is 0 Å². The van der Waals surface area contributed by atoms with Gasteiger partial charge >= 0.3 is 29.9 Å². The lowest BCUT2D eigenvalue weighted by atomic mass is 10.4. The minimum Gasteiger partial charge on any atom is -0.429 e. The molecular formula is C17H38N2O12Si2. The fourth-order valence-corrected chi connectivity index (χ4v) is 5.97. The van der Waals surface area contributed by atoms with Crippen molar-refractivity contribution in [3.05, 3.63) is 0 Å². The molecule has 1 atom stereocenters. The fraction of sp³-hybridized carbons (Fsp3) is 0.882. The van der Waals surface area contributed by atoms with Crippen LogP contribution in [0, 0.1) is 0 Å². The van der Waals surface area contributed by atoms with Gasteiger partial charge in [-0.25, -0.2) is 9.59 Å². The molecule has 2 N–H and O–H groups in total. The molecule has 14 nitrogen and oxygen atoms in total. The molecule has 0 aliphatic rings. The van der Waals surface area contributed by atoms with Crippen LogP contribution < -0.4 is 11.0 Å². The van der Waals surface area contributed by atoms with E-state index >= 15 is 0 Å². The number of ether oxygens (including phenoxy) is 2. The summed E-state index contributed by atoms with van der Waals surface area (Å²) in [4.78, 5) is 32.7. The van der Waals surface area contributed by atoms with Crippen LogP contribution >= 0.6 is 0 Å². The van der Waals surface area contributed by atoms with Crippen molar-refractivity contribution in [2.24, 2.45) is 0 Å². The minimum absolute atomic E-state index is 0.216.